The Bertz CT molecular complexity index is 444. The predicted octanol–water partition coefficient (Wildman–Crippen LogP) is 2.04. The molecule has 2 N–H and O–H groups in total. The summed E-state index contributed by atoms with van der Waals surface area (Å²) in [7, 11) is 0. The van der Waals surface area contributed by atoms with Crippen LogP contribution in [0, 0.1) is 11.3 Å². The quantitative estimate of drug-likeness (QED) is 0.875. The van der Waals surface area contributed by atoms with Gasteiger partial charge in [0.2, 0.25) is 5.91 Å². The van der Waals surface area contributed by atoms with Gasteiger partial charge in [-0.15, -0.1) is 0 Å². The number of rotatable bonds is 4. The van der Waals surface area contributed by atoms with Crippen LogP contribution in [0.2, 0.25) is 0 Å². The molecule has 1 amide bonds. The summed E-state index contributed by atoms with van der Waals surface area (Å²) in [6.45, 7) is 10.0. The van der Waals surface area contributed by atoms with E-state index in [-0.39, 0.29) is 11.3 Å². The van der Waals surface area contributed by atoms with Crippen LogP contribution >= 0.6 is 0 Å². The standard InChI is InChI=1S/C14H24N4O/c1-10(2)14(5-6-15-9-14)13(19)17-12-7-16-18(8-12)11(3)4/h7-8,10-11,15H,5-6,9H2,1-4H3,(H,17,19). The van der Waals surface area contributed by atoms with Crippen LogP contribution in [0.15, 0.2) is 12.4 Å². The summed E-state index contributed by atoms with van der Waals surface area (Å²) >= 11 is 0. The van der Waals surface area contributed by atoms with Crippen LogP contribution in [0.3, 0.4) is 0 Å². The first-order chi connectivity index (χ1) is 8.95. The van der Waals surface area contributed by atoms with E-state index in [0.29, 0.717) is 12.0 Å². The van der Waals surface area contributed by atoms with Gasteiger partial charge in [0.05, 0.1) is 17.3 Å². The average Bonchev–Trinajstić information content (AvgIpc) is 2.97. The van der Waals surface area contributed by atoms with Gasteiger partial charge in [-0.25, -0.2) is 0 Å². The Kier molecular flexibility index (Phi) is 3.94. The second kappa shape index (κ2) is 5.33. The van der Waals surface area contributed by atoms with E-state index in [1.807, 2.05) is 10.9 Å². The summed E-state index contributed by atoms with van der Waals surface area (Å²) < 4.78 is 1.85. The number of nitrogens with one attached hydrogen (secondary N) is 2. The van der Waals surface area contributed by atoms with Crippen LogP contribution in [0.4, 0.5) is 5.69 Å². The Morgan fingerprint density at radius 3 is 2.68 bits per heavy atom. The molecule has 1 aromatic rings. The second-order valence-electron chi connectivity index (χ2n) is 5.99. The van der Waals surface area contributed by atoms with Gasteiger partial charge in [0.1, 0.15) is 0 Å². The molecule has 106 valence electrons. The minimum absolute atomic E-state index is 0.107. The van der Waals surface area contributed by atoms with Crippen molar-refractivity contribution in [1.29, 1.82) is 0 Å². The number of hydrogen-bond acceptors (Lipinski definition) is 3. The Hall–Kier alpha value is -1.36. The lowest BCUT2D eigenvalue weighted by Crippen LogP contribution is -2.42. The predicted molar refractivity (Wildman–Crippen MR) is 76.0 cm³/mol. The van der Waals surface area contributed by atoms with Gasteiger partial charge in [0.25, 0.3) is 0 Å². The molecule has 0 radical (unpaired) electrons. The zero-order valence-corrected chi connectivity index (χ0v) is 12.2. The van der Waals surface area contributed by atoms with Crippen LogP contribution in [0.25, 0.3) is 0 Å². The van der Waals surface area contributed by atoms with Gasteiger partial charge in [0, 0.05) is 18.8 Å². The van der Waals surface area contributed by atoms with Crippen LogP contribution in [0.5, 0.6) is 0 Å². The molecule has 5 heteroatoms. The molecule has 1 aliphatic heterocycles. The largest absolute Gasteiger partial charge is 0.323 e. The first-order valence-electron chi connectivity index (χ1n) is 7.02. The number of nitrogens with zero attached hydrogens (tertiary/aromatic N) is 2. The van der Waals surface area contributed by atoms with E-state index in [1.165, 1.54) is 0 Å². The highest BCUT2D eigenvalue weighted by Gasteiger charge is 2.43. The molecule has 1 aliphatic rings. The van der Waals surface area contributed by atoms with Gasteiger partial charge in [-0.2, -0.15) is 5.10 Å². The topological polar surface area (TPSA) is 59.0 Å². The number of anilines is 1. The summed E-state index contributed by atoms with van der Waals surface area (Å²) in [6.07, 6.45) is 4.50. The monoisotopic (exact) mass is 264 g/mol. The van der Waals surface area contributed by atoms with Crippen molar-refractivity contribution in [1.82, 2.24) is 15.1 Å². The molecule has 1 atom stereocenters. The van der Waals surface area contributed by atoms with Gasteiger partial charge < -0.3 is 10.6 Å². The number of amides is 1. The van der Waals surface area contributed by atoms with E-state index < -0.39 is 0 Å². The molecule has 0 bridgehead atoms. The van der Waals surface area contributed by atoms with Crippen molar-refractivity contribution < 1.29 is 4.79 Å². The maximum Gasteiger partial charge on any atom is 0.232 e. The lowest BCUT2D eigenvalue weighted by molar-refractivity contribution is -0.126. The van der Waals surface area contributed by atoms with E-state index in [0.717, 1.165) is 25.2 Å². The van der Waals surface area contributed by atoms with Crippen molar-refractivity contribution in [3.8, 4) is 0 Å². The highest BCUT2D eigenvalue weighted by Crippen LogP contribution is 2.35. The summed E-state index contributed by atoms with van der Waals surface area (Å²) in [5.41, 5.74) is 0.491. The maximum absolute atomic E-state index is 12.6. The molecule has 2 rings (SSSR count). The number of carbonyl (C=O) groups is 1. The molecule has 0 saturated carbocycles. The van der Waals surface area contributed by atoms with Crippen molar-refractivity contribution in [2.45, 2.75) is 40.2 Å². The highest BCUT2D eigenvalue weighted by molar-refractivity contribution is 5.95. The van der Waals surface area contributed by atoms with E-state index >= 15 is 0 Å². The average molecular weight is 264 g/mol. The highest BCUT2D eigenvalue weighted by atomic mass is 16.2. The SMILES string of the molecule is CC(C)n1cc(NC(=O)C2(C(C)C)CCNC2)cn1. The van der Waals surface area contributed by atoms with Crippen molar-refractivity contribution in [3.05, 3.63) is 12.4 Å². The zero-order valence-electron chi connectivity index (χ0n) is 12.2. The molecule has 1 aromatic heterocycles. The van der Waals surface area contributed by atoms with E-state index in [1.54, 1.807) is 6.20 Å². The Labute approximate surface area is 114 Å². The fraction of sp³-hybridized carbons (Fsp3) is 0.714. The Morgan fingerprint density at radius 1 is 1.47 bits per heavy atom. The molecule has 0 aliphatic carbocycles. The number of hydrogen-bond donors (Lipinski definition) is 2. The summed E-state index contributed by atoms with van der Waals surface area (Å²) in [4.78, 5) is 12.6. The molecule has 1 saturated heterocycles. The minimum atomic E-state index is -0.292. The van der Waals surface area contributed by atoms with Crippen molar-refractivity contribution >= 4 is 11.6 Å². The van der Waals surface area contributed by atoms with E-state index in [4.69, 9.17) is 0 Å². The van der Waals surface area contributed by atoms with Gasteiger partial charge in [-0.1, -0.05) is 13.8 Å². The summed E-state index contributed by atoms with van der Waals surface area (Å²) in [5, 5.41) is 10.6. The lowest BCUT2D eigenvalue weighted by Gasteiger charge is -2.30. The first-order valence-corrected chi connectivity index (χ1v) is 7.02. The van der Waals surface area contributed by atoms with E-state index in [9.17, 15) is 4.79 Å². The van der Waals surface area contributed by atoms with Gasteiger partial charge >= 0.3 is 0 Å². The number of aromatic nitrogens is 2. The maximum atomic E-state index is 12.6. The lowest BCUT2D eigenvalue weighted by atomic mass is 9.75. The fourth-order valence-electron chi connectivity index (χ4n) is 2.60. The Balaban J connectivity index is 2.11. The van der Waals surface area contributed by atoms with Gasteiger partial charge in [-0.05, 0) is 32.7 Å². The van der Waals surface area contributed by atoms with Crippen LogP contribution in [-0.2, 0) is 4.79 Å². The molecule has 5 nitrogen and oxygen atoms in total. The van der Waals surface area contributed by atoms with Crippen LogP contribution in [-0.4, -0.2) is 28.8 Å². The van der Waals surface area contributed by atoms with Crippen molar-refractivity contribution in [2.24, 2.45) is 11.3 Å². The molecular weight excluding hydrogens is 240 g/mol. The molecule has 1 unspecified atom stereocenters. The molecule has 0 spiro atoms. The molecule has 2 heterocycles. The van der Waals surface area contributed by atoms with Gasteiger partial charge in [0.15, 0.2) is 0 Å². The molecule has 19 heavy (non-hydrogen) atoms. The molecule has 1 fully saturated rings. The fourth-order valence-corrected chi connectivity index (χ4v) is 2.60. The summed E-state index contributed by atoms with van der Waals surface area (Å²) in [5.74, 6) is 0.429. The first kappa shape index (κ1) is 14.1. The van der Waals surface area contributed by atoms with Crippen LogP contribution in [0.1, 0.15) is 40.2 Å². The normalized spacial score (nSPS) is 23.3. The van der Waals surface area contributed by atoms with Crippen LogP contribution < -0.4 is 10.6 Å². The van der Waals surface area contributed by atoms with E-state index in [2.05, 4.69) is 43.4 Å². The molecular formula is C14H24N4O. The second-order valence-corrected chi connectivity index (χ2v) is 5.99. The number of carbonyl (C=O) groups excluding carboxylic acids is 1. The third-order valence-electron chi connectivity index (χ3n) is 4.13. The van der Waals surface area contributed by atoms with Crippen molar-refractivity contribution in [3.63, 3.8) is 0 Å². The smallest absolute Gasteiger partial charge is 0.232 e. The minimum Gasteiger partial charge on any atom is -0.323 e. The zero-order chi connectivity index (χ0) is 14.0. The third kappa shape index (κ3) is 2.66. The Morgan fingerprint density at radius 2 is 2.21 bits per heavy atom. The van der Waals surface area contributed by atoms with Crippen molar-refractivity contribution in [2.75, 3.05) is 18.4 Å². The molecule has 0 aromatic carbocycles. The summed E-state index contributed by atoms with van der Waals surface area (Å²) in [6, 6.07) is 0.304. The third-order valence-corrected chi connectivity index (χ3v) is 4.13. The van der Waals surface area contributed by atoms with Gasteiger partial charge in [-0.3, -0.25) is 9.48 Å².